The lowest BCUT2D eigenvalue weighted by Crippen LogP contribution is -2.02. The number of aromatic nitrogens is 2. The highest BCUT2D eigenvalue weighted by Gasteiger charge is 2.11. The summed E-state index contributed by atoms with van der Waals surface area (Å²) < 4.78 is 1.69. The molecule has 0 fully saturated rings. The first-order valence-corrected chi connectivity index (χ1v) is 5.84. The molecule has 1 heterocycles. The molecule has 0 atom stereocenters. The smallest absolute Gasteiger partial charge is 0.103 e. The molecule has 0 aliphatic carbocycles. The fourth-order valence-corrected chi connectivity index (χ4v) is 2.21. The van der Waals surface area contributed by atoms with Crippen LogP contribution in [0.2, 0.25) is 10.0 Å². The first-order valence-electron chi connectivity index (χ1n) is 5.09. The van der Waals surface area contributed by atoms with E-state index in [2.05, 4.69) is 11.2 Å². The Balaban J connectivity index is 2.61. The Morgan fingerprint density at radius 1 is 1.29 bits per heavy atom. The van der Waals surface area contributed by atoms with Crippen molar-refractivity contribution in [2.75, 3.05) is 0 Å². The molecule has 0 aliphatic heterocycles. The van der Waals surface area contributed by atoms with Crippen molar-refractivity contribution in [2.24, 2.45) is 0 Å². The third-order valence-corrected chi connectivity index (χ3v) is 2.85. The summed E-state index contributed by atoms with van der Waals surface area (Å²) in [5.41, 5.74) is 2.19. The number of rotatable bonds is 2. The second-order valence-corrected chi connectivity index (χ2v) is 4.38. The maximum Gasteiger partial charge on any atom is 0.103 e. The second-order valence-electron chi connectivity index (χ2n) is 3.51. The lowest BCUT2D eigenvalue weighted by Gasteiger charge is -2.07. The normalized spacial score (nSPS) is 10.2. The predicted molar refractivity (Wildman–Crippen MR) is 67.7 cm³/mol. The average Bonchev–Trinajstić information content (AvgIpc) is 2.70. The van der Waals surface area contributed by atoms with Crippen molar-refractivity contribution in [1.82, 2.24) is 9.78 Å². The molecule has 1 aromatic heterocycles. The minimum Gasteiger partial charge on any atom is -0.236 e. The molecule has 0 unspecified atom stereocenters. The molecule has 0 saturated carbocycles. The minimum atomic E-state index is 0.545. The Labute approximate surface area is 109 Å². The van der Waals surface area contributed by atoms with Gasteiger partial charge >= 0.3 is 0 Å². The van der Waals surface area contributed by atoms with Crippen molar-refractivity contribution in [1.29, 1.82) is 5.26 Å². The van der Waals surface area contributed by atoms with Crippen LogP contribution in [-0.4, -0.2) is 9.78 Å². The van der Waals surface area contributed by atoms with Crippen LogP contribution in [0.25, 0.3) is 5.69 Å². The molecule has 2 aromatic rings. The molecule has 0 spiro atoms. The summed E-state index contributed by atoms with van der Waals surface area (Å²) in [7, 11) is 0. The van der Waals surface area contributed by atoms with E-state index in [1.54, 1.807) is 29.1 Å². The van der Waals surface area contributed by atoms with Gasteiger partial charge < -0.3 is 0 Å². The fraction of sp³-hybridized carbons (Fsp3) is 0.167. The van der Waals surface area contributed by atoms with Crippen molar-refractivity contribution >= 4 is 23.2 Å². The molecule has 17 heavy (non-hydrogen) atoms. The number of halogens is 2. The van der Waals surface area contributed by atoms with E-state index < -0.39 is 0 Å². The van der Waals surface area contributed by atoms with Gasteiger partial charge in [0.25, 0.3) is 0 Å². The quantitative estimate of drug-likeness (QED) is 0.833. The summed E-state index contributed by atoms with van der Waals surface area (Å²) >= 11 is 11.9. The van der Waals surface area contributed by atoms with E-state index in [0.717, 1.165) is 11.4 Å². The van der Waals surface area contributed by atoms with E-state index in [-0.39, 0.29) is 0 Å². The number of nitriles is 1. The molecule has 0 N–H and O–H groups in total. The van der Waals surface area contributed by atoms with Crippen molar-refractivity contribution in [3.63, 3.8) is 0 Å². The topological polar surface area (TPSA) is 41.6 Å². The standard InChI is InChI=1S/C12H9Cl2N3/c1-2-12-8(6-15)7-16-17(12)11-4-9(13)3-10(14)5-11/h3-5,7H,2H2,1H3. The zero-order valence-corrected chi connectivity index (χ0v) is 10.6. The van der Waals surface area contributed by atoms with Gasteiger partial charge in [0, 0.05) is 10.0 Å². The van der Waals surface area contributed by atoms with Crippen LogP contribution in [0.4, 0.5) is 0 Å². The van der Waals surface area contributed by atoms with E-state index in [4.69, 9.17) is 28.5 Å². The van der Waals surface area contributed by atoms with Crippen LogP contribution in [0.1, 0.15) is 18.2 Å². The molecule has 3 nitrogen and oxygen atoms in total. The predicted octanol–water partition coefficient (Wildman–Crippen LogP) is 3.61. The maximum atomic E-state index is 8.96. The van der Waals surface area contributed by atoms with Crippen LogP contribution < -0.4 is 0 Å². The molecule has 0 amide bonds. The van der Waals surface area contributed by atoms with Gasteiger partial charge in [-0.2, -0.15) is 10.4 Å². The molecule has 86 valence electrons. The molecule has 2 rings (SSSR count). The van der Waals surface area contributed by atoms with Crippen molar-refractivity contribution in [2.45, 2.75) is 13.3 Å². The molecule has 0 bridgehead atoms. The summed E-state index contributed by atoms with van der Waals surface area (Å²) in [6.45, 7) is 1.97. The first-order chi connectivity index (χ1) is 8.15. The molecule has 0 radical (unpaired) electrons. The van der Waals surface area contributed by atoms with E-state index >= 15 is 0 Å². The highest BCUT2D eigenvalue weighted by Crippen LogP contribution is 2.23. The summed E-state index contributed by atoms with van der Waals surface area (Å²) in [4.78, 5) is 0. The van der Waals surface area contributed by atoms with Gasteiger partial charge in [-0.05, 0) is 24.6 Å². The second kappa shape index (κ2) is 4.79. The Hall–Kier alpha value is -1.50. The number of hydrogen-bond donors (Lipinski definition) is 0. The fourth-order valence-electron chi connectivity index (χ4n) is 1.69. The molecular formula is C12H9Cl2N3. The summed E-state index contributed by atoms with van der Waals surface area (Å²) in [5.74, 6) is 0. The first kappa shape index (κ1) is 12.0. The Morgan fingerprint density at radius 3 is 2.47 bits per heavy atom. The lowest BCUT2D eigenvalue weighted by molar-refractivity contribution is 0.813. The van der Waals surface area contributed by atoms with Crippen molar-refractivity contribution in [3.05, 3.63) is 45.7 Å². The van der Waals surface area contributed by atoms with Gasteiger partial charge in [0.05, 0.1) is 23.1 Å². The maximum absolute atomic E-state index is 8.96. The van der Waals surface area contributed by atoms with Gasteiger partial charge in [-0.3, -0.25) is 0 Å². The zero-order chi connectivity index (χ0) is 12.4. The van der Waals surface area contributed by atoms with Crippen LogP contribution in [-0.2, 0) is 6.42 Å². The number of hydrogen-bond acceptors (Lipinski definition) is 2. The lowest BCUT2D eigenvalue weighted by atomic mass is 10.2. The summed E-state index contributed by atoms with van der Waals surface area (Å²) in [5, 5.41) is 14.2. The van der Waals surface area contributed by atoms with Gasteiger partial charge in [-0.25, -0.2) is 4.68 Å². The molecule has 5 heteroatoms. The van der Waals surface area contributed by atoms with E-state index in [1.807, 2.05) is 6.92 Å². The van der Waals surface area contributed by atoms with Gasteiger partial charge in [-0.15, -0.1) is 0 Å². The van der Waals surface area contributed by atoms with Gasteiger partial charge in [-0.1, -0.05) is 30.1 Å². The van der Waals surface area contributed by atoms with Crippen LogP contribution in [0, 0.1) is 11.3 Å². The Morgan fingerprint density at radius 2 is 1.94 bits per heavy atom. The molecular weight excluding hydrogens is 257 g/mol. The van der Waals surface area contributed by atoms with Crippen LogP contribution in [0.3, 0.4) is 0 Å². The summed E-state index contributed by atoms with van der Waals surface area (Å²) in [6, 6.07) is 7.31. The highest BCUT2D eigenvalue weighted by molar-refractivity contribution is 6.34. The Kier molecular flexibility index (Phi) is 3.37. The number of benzene rings is 1. The SMILES string of the molecule is CCc1c(C#N)cnn1-c1cc(Cl)cc(Cl)c1. The van der Waals surface area contributed by atoms with Gasteiger partial charge in [0.15, 0.2) is 0 Å². The number of nitrogens with zero attached hydrogens (tertiary/aromatic N) is 3. The Bertz CT molecular complexity index is 576. The third kappa shape index (κ3) is 2.28. The third-order valence-electron chi connectivity index (χ3n) is 2.42. The van der Waals surface area contributed by atoms with E-state index in [1.165, 1.54) is 0 Å². The van der Waals surface area contributed by atoms with E-state index in [0.29, 0.717) is 22.0 Å². The van der Waals surface area contributed by atoms with Gasteiger partial charge in [0.1, 0.15) is 6.07 Å². The molecule has 1 aromatic carbocycles. The van der Waals surface area contributed by atoms with Crippen molar-refractivity contribution in [3.8, 4) is 11.8 Å². The van der Waals surface area contributed by atoms with Crippen LogP contribution in [0.5, 0.6) is 0 Å². The minimum absolute atomic E-state index is 0.545. The van der Waals surface area contributed by atoms with E-state index in [9.17, 15) is 0 Å². The molecule has 0 aliphatic rings. The average molecular weight is 266 g/mol. The summed E-state index contributed by atoms with van der Waals surface area (Å²) in [6.07, 6.45) is 2.26. The molecule has 0 saturated heterocycles. The van der Waals surface area contributed by atoms with Crippen molar-refractivity contribution < 1.29 is 0 Å². The largest absolute Gasteiger partial charge is 0.236 e. The van der Waals surface area contributed by atoms with Crippen LogP contribution in [0.15, 0.2) is 24.4 Å². The highest BCUT2D eigenvalue weighted by atomic mass is 35.5. The van der Waals surface area contributed by atoms with Gasteiger partial charge in [0.2, 0.25) is 0 Å². The van der Waals surface area contributed by atoms with Crippen LogP contribution >= 0.6 is 23.2 Å². The zero-order valence-electron chi connectivity index (χ0n) is 9.11. The monoisotopic (exact) mass is 265 g/mol.